The topological polar surface area (TPSA) is 38.9 Å². The smallest absolute Gasteiger partial charge is 0.143 e. The summed E-state index contributed by atoms with van der Waals surface area (Å²) in [4.78, 5) is 10.9. The fourth-order valence-corrected chi connectivity index (χ4v) is 7.93. The van der Waals surface area contributed by atoms with Gasteiger partial charge in [0.05, 0.1) is 22.4 Å². The predicted octanol–water partition coefficient (Wildman–Crippen LogP) is 13.8. The Balaban J connectivity index is 1.05. The van der Waals surface area contributed by atoms with Crippen LogP contribution in [0.3, 0.4) is 0 Å². The highest BCUT2D eigenvalue weighted by Crippen LogP contribution is 2.40. The van der Waals surface area contributed by atoms with Gasteiger partial charge in [-0.2, -0.15) is 0 Å². The average Bonchev–Trinajstić information content (AvgIpc) is 3.59. The van der Waals surface area contributed by atoms with Crippen LogP contribution >= 0.6 is 0 Å². The van der Waals surface area contributed by atoms with Crippen LogP contribution in [-0.2, 0) is 5.41 Å². The lowest BCUT2D eigenvalue weighted by Crippen LogP contribution is -2.16. The number of hydrogen-bond acceptors (Lipinski definition) is 3. The van der Waals surface area contributed by atoms with E-state index in [2.05, 4.69) is 172 Å². The predicted molar refractivity (Wildman–Crippen MR) is 222 cm³/mol. The van der Waals surface area contributed by atoms with Crippen LogP contribution in [0.25, 0.3) is 99.2 Å². The van der Waals surface area contributed by atoms with Crippen molar-refractivity contribution in [2.75, 3.05) is 0 Å². The zero-order chi connectivity index (χ0) is 35.7. The molecule has 0 saturated heterocycles. The number of nitrogens with zero attached hydrogens (tertiary/aromatic N) is 2. The molecule has 10 rings (SSSR count). The standard InChI is InChI=1S/C50H36N2O/c1-50(2,3)49-45(51-46-41-20-6-4-17-38(41)39-18-5-7-21-42(39)47(46)52-49)36-16-11-15-35(30-36)34-14-10-13-33(29-34)31-25-27-32(28-26-31)37-22-12-23-43-40-19-8-9-24-44(40)53-48(37)43/h4-30H,1-3H3. The summed E-state index contributed by atoms with van der Waals surface area (Å²) in [7, 11) is 0. The molecule has 0 aliphatic heterocycles. The lowest BCUT2D eigenvalue weighted by atomic mass is 9.87. The number of aromatic nitrogens is 2. The molecule has 0 aliphatic rings. The van der Waals surface area contributed by atoms with Crippen molar-refractivity contribution in [3.05, 3.63) is 169 Å². The first kappa shape index (κ1) is 31.2. The van der Waals surface area contributed by atoms with Gasteiger partial charge >= 0.3 is 0 Å². The molecule has 0 fully saturated rings. The molecule has 0 N–H and O–H groups in total. The first-order valence-corrected chi connectivity index (χ1v) is 18.2. The Hall–Kier alpha value is -6.58. The zero-order valence-electron chi connectivity index (χ0n) is 29.9. The monoisotopic (exact) mass is 680 g/mol. The van der Waals surface area contributed by atoms with Gasteiger partial charge in [-0.1, -0.05) is 166 Å². The molecule has 0 bridgehead atoms. The summed E-state index contributed by atoms with van der Waals surface area (Å²) in [5, 5.41) is 6.95. The molecule has 2 aromatic heterocycles. The molecule has 0 spiro atoms. The summed E-state index contributed by atoms with van der Waals surface area (Å²) in [6.45, 7) is 6.68. The van der Waals surface area contributed by atoms with Crippen LogP contribution in [0.2, 0.25) is 0 Å². The van der Waals surface area contributed by atoms with Gasteiger partial charge in [0.25, 0.3) is 0 Å². The van der Waals surface area contributed by atoms with Crippen LogP contribution in [0.1, 0.15) is 26.5 Å². The largest absolute Gasteiger partial charge is 0.455 e. The SMILES string of the molecule is CC(C)(C)c1nc2c3ccccc3c3ccccc3c2nc1-c1cccc(-c2cccc(-c3ccc(-c4cccc5c4oc4ccccc45)cc3)c2)c1. The van der Waals surface area contributed by atoms with Crippen LogP contribution < -0.4 is 0 Å². The Labute approximate surface area is 308 Å². The van der Waals surface area contributed by atoms with Crippen molar-refractivity contribution in [2.24, 2.45) is 0 Å². The molecule has 0 aliphatic carbocycles. The van der Waals surface area contributed by atoms with Gasteiger partial charge in [-0.15, -0.1) is 0 Å². The maximum atomic E-state index is 6.33. The van der Waals surface area contributed by atoms with Crippen molar-refractivity contribution in [1.82, 2.24) is 9.97 Å². The molecule has 2 heterocycles. The van der Waals surface area contributed by atoms with E-state index in [1.165, 1.54) is 16.3 Å². The summed E-state index contributed by atoms with van der Waals surface area (Å²) < 4.78 is 6.33. The fourth-order valence-electron chi connectivity index (χ4n) is 7.93. The van der Waals surface area contributed by atoms with E-state index in [9.17, 15) is 0 Å². The fraction of sp³-hybridized carbons (Fsp3) is 0.0800. The van der Waals surface area contributed by atoms with Gasteiger partial charge in [0.15, 0.2) is 0 Å². The highest BCUT2D eigenvalue weighted by atomic mass is 16.3. The number of hydrogen-bond donors (Lipinski definition) is 0. The third kappa shape index (κ3) is 5.19. The highest BCUT2D eigenvalue weighted by molar-refractivity contribution is 6.23. The van der Waals surface area contributed by atoms with Crippen molar-refractivity contribution >= 4 is 54.5 Å². The first-order chi connectivity index (χ1) is 25.9. The summed E-state index contributed by atoms with van der Waals surface area (Å²) in [6, 6.07) is 58.2. The van der Waals surface area contributed by atoms with Crippen molar-refractivity contribution in [2.45, 2.75) is 26.2 Å². The van der Waals surface area contributed by atoms with Crippen LogP contribution in [0.4, 0.5) is 0 Å². The lowest BCUT2D eigenvalue weighted by molar-refractivity contribution is 0.571. The van der Waals surface area contributed by atoms with Crippen LogP contribution in [0.5, 0.6) is 0 Å². The molecule has 3 heteroatoms. The van der Waals surface area contributed by atoms with Gasteiger partial charge in [-0.25, -0.2) is 9.97 Å². The van der Waals surface area contributed by atoms with E-state index in [0.29, 0.717) is 0 Å². The summed E-state index contributed by atoms with van der Waals surface area (Å²) in [6.07, 6.45) is 0. The molecule has 0 unspecified atom stereocenters. The van der Waals surface area contributed by atoms with E-state index in [0.717, 1.165) is 88.5 Å². The van der Waals surface area contributed by atoms with E-state index >= 15 is 0 Å². The number of rotatable bonds is 4. The number of fused-ring (bicyclic) bond motifs is 9. The molecular formula is C50H36N2O. The second-order valence-electron chi connectivity index (χ2n) is 15.0. The minimum Gasteiger partial charge on any atom is -0.455 e. The van der Waals surface area contributed by atoms with E-state index in [-0.39, 0.29) is 5.41 Å². The molecular weight excluding hydrogens is 645 g/mol. The summed E-state index contributed by atoms with van der Waals surface area (Å²) in [5.74, 6) is 0. The van der Waals surface area contributed by atoms with E-state index in [1.807, 2.05) is 12.1 Å². The second kappa shape index (κ2) is 12.0. The van der Waals surface area contributed by atoms with Crippen molar-refractivity contribution in [3.8, 4) is 44.6 Å². The summed E-state index contributed by atoms with van der Waals surface area (Å²) in [5.41, 5.74) is 13.4. The molecule has 53 heavy (non-hydrogen) atoms. The highest BCUT2D eigenvalue weighted by Gasteiger charge is 2.25. The molecule has 0 amide bonds. The van der Waals surface area contributed by atoms with Gasteiger partial charge in [-0.3, -0.25) is 0 Å². The van der Waals surface area contributed by atoms with Crippen molar-refractivity contribution in [1.29, 1.82) is 0 Å². The number of furan rings is 1. The van der Waals surface area contributed by atoms with Crippen LogP contribution in [-0.4, -0.2) is 9.97 Å². The lowest BCUT2D eigenvalue weighted by Gasteiger charge is -2.23. The Morgan fingerprint density at radius 1 is 0.396 bits per heavy atom. The molecule has 8 aromatic carbocycles. The average molecular weight is 681 g/mol. The maximum Gasteiger partial charge on any atom is 0.143 e. The normalized spacial score (nSPS) is 12.1. The molecule has 0 saturated carbocycles. The van der Waals surface area contributed by atoms with Gasteiger partial charge in [-0.05, 0) is 56.8 Å². The van der Waals surface area contributed by atoms with Crippen molar-refractivity contribution < 1.29 is 4.42 Å². The maximum absolute atomic E-state index is 6.33. The summed E-state index contributed by atoms with van der Waals surface area (Å²) >= 11 is 0. The molecule has 0 atom stereocenters. The van der Waals surface area contributed by atoms with Gasteiger partial charge in [0, 0.05) is 38.1 Å². The van der Waals surface area contributed by atoms with Crippen molar-refractivity contribution in [3.63, 3.8) is 0 Å². The number of para-hydroxylation sites is 2. The van der Waals surface area contributed by atoms with Gasteiger partial charge in [0.2, 0.25) is 0 Å². The second-order valence-corrected chi connectivity index (χ2v) is 15.0. The first-order valence-electron chi connectivity index (χ1n) is 18.2. The molecule has 252 valence electrons. The molecule has 10 aromatic rings. The third-order valence-corrected chi connectivity index (χ3v) is 10.5. The third-order valence-electron chi connectivity index (χ3n) is 10.5. The van der Waals surface area contributed by atoms with E-state index < -0.39 is 0 Å². The molecule has 3 nitrogen and oxygen atoms in total. The minimum atomic E-state index is -0.221. The Morgan fingerprint density at radius 2 is 0.887 bits per heavy atom. The van der Waals surface area contributed by atoms with E-state index in [4.69, 9.17) is 14.4 Å². The quantitative estimate of drug-likeness (QED) is 0.174. The van der Waals surface area contributed by atoms with E-state index in [1.54, 1.807) is 0 Å². The minimum absolute atomic E-state index is 0.221. The zero-order valence-corrected chi connectivity index (χ0v) is 29.9. The van der Waals surface area contributed by atoms with Crippen LogP contribution in [0, 0.1) is 0 Å². The Kier molecular flexibility index (Phi) is 7.06. The molecule has 0 radical (unpaired) electrons. The van der Waals surface area contributed by atoms with Crippen LogP contribution in [0.15, 0.2) is 168 Å². The van der Waals surface area contributed by atoms with Gasteiger partial charge < -0.3 is 4.42 Å². The number of benzene rings is 8. The Bertz CT molecular complexity index is 3040. The Morgan fingerprint density at radius 3 is 1.55 bits per heavy atom. The van der Waals surface area contributed by atoms with Gasteiger partial charge in [0.1, 0.15) is 11.2 Å².